The molecule has 0 aliphatic carbocycles. The van der Waals surface area contributed by atoms with Crippen LogP contribution in [0.1, 0.15) is 28.1 Å². The Labute approximate surface area is 176 Å². The van der Waals surface area contributed by atoms with Gasteiger partial charge >= 0.3 is 6.09 Å². The van der Waals surface area contributed by atoms with E-state index in [1.807, 2.05) is 6.92 Å². The minimum Gasteiger partial charge on any atom is -0.452 e. The molecule has 0 saturated carbocycles. The number of ether oxygens (including phenoxy) is 1. The van der Waals surface area contributed by atoms with Gasteiger partial charge in [-0.2, -0.15) is 0 Å². The fourth-order valence-electron chi connectivity index (χ4n) is 3.51. The molecule has 2 amide bonds. The molecule has 8 nitrogen and oxygen atoms in total. The van der Waals surface area contributed by atoms with E-state index in [2.05, 4.69) is 15.3 Å². The van der Waals surface area contributed by atoms with Crippen LogP contribution < -0.4 is 10.2 Å². The molecule has 0 bridgehead atoms. The standard InChI is InChI=1S/C21H26FN5O3.H2/c1-4-27(21(29)30-3)17-7-5-6-15(12-17)19-18(22)13-23-20(25-19)24-16-8-10-26(11-9-16)14(2)28;/h5-7,12-13,16H,4,8-11H2,1-3H3,(H,23,24,25);1H. The first kappa shape index (κ1) is 21.5. The van der Waals surface area contributed by atoms with Gasteiger partial charge in [-0.1, -0.05) is 12.1 Å². The normalized spacial score (nSPS) is 14.3. The number of piperidine rings is 1. The van der Waals surface area contributed by atoms with Gasteiger partial charge in [0, 0.05) is 45.3 Å². The largest absolute Gasteiger partial charge is 0.452 e. The zero-order valence-corrected chi connectivity index (χ0v) is 17.4. The van der Waals surface area contributed by atoms with E-state index in [1.54, 1.807) is 36.1 Å². The molecule has 9 heteroatoms. The number of benzene rings is 1. The minimum atomic E-state index is -0.551. The Bertz CT molecular complexity index is 922. The van der Waals surface area contributed by atoms with E-state index >= 15 is 0 Å². The van der Waals surface area contributed by atoms with Gasteiger partial charge in [-0.3, -0.25) is 9.69 Å². The van der Waals surface area contributed by atoms with Gasteiger partial charge in [-0.05, 0) is 31.9 Å². The second-order valence-corrected chi connectivity index (χ2v) is 7.08. The van der Waals surface area contributed by atoms with E-state index in [4.69, 9.17) is 4.74 Å². The lowest BCUT2D eigenvalue weighted by molar-refractivity contribution is -0.129. The van der Waals surface area contributed by atoms with Crippen LogP contribution in [0.2, 0.25) is 0 Å². The first-order chi connectivity index (χ1) is 14.4. The molecule has 0 radical (unpaired) electrons. The smallest absolute Gasteiger partial charge is 0.413 e. The molecule has 2 aromatic rings. The van der Waals surface area contributed by atoms with Crippen molar-refractivity contribution in [3.63, 3.8) is 0 Å². The number of rotatable bonds is 5. The van der Waals surface area contributed by atoms with Gasteiger partial charge < -0.3 is 15.0 Å². The summed E-state index contributed by atoms with van der Waals surface area (Å²) in [6, 6.07) is 7.03. The van der Waals surface area contributed by atoms with Gasteiger partial charge in [0.15, 0.2) is 5.82 Å². The van der Waals surface area contributed by atoms with Gasteiger partial charge in [-0.15, -0.1) is 0 Å². The number of aromatic nitrogens is 2. The van der Waals surface area contributed by atoms with E-state index < -0.39 is 11.9 Å². The summed E-state index contributed by atoms with van der Waals surface area (Å²) < 4.78 is 19.3. The number of carbonyl (C=O) groups is 2. The Morgan fingerprint density at radius 1 is 1.37 bits per heavy atom. The van der Waals surface area contributed by atoms with Crippen molar-refractivity contribution in [2.75, 3.05) is 37.0 Å². The third-order valence-electron chi connectivity index (χ3n) is 5.16. The monoisotopic (exact) mass is 417 g/mol. The van der Waals surface area contributed by atoms with Crippen LogP contribution in [0.15, 0.2) is 30.5 Å². The maximum atomic E-state index is 14.5. The SMILES string of the molecule is CCN(C(=O)OC)c1cccc(-c2nc(NC3CCN(C(C)=O)CC3)ncc2F)c1.[HH]. The molecule has 0 unspecified atom stereocenters. The van der Waals surface area contributed by atoms with Crippen molar-refractivity contribution < 1.29 is 20.1 Å². The summed E-state index contributed by atoms with van der Waals surface area (Å²) in [4.78, 5) is 35.1. The Hall–Kier alpha value is -3.23. The van der Waals surface area contributed by atoms with E-state index in [0.717, 1.165) is 19.0 Å². The fourth-order valence-corrected chi connectivity index (χ4v) is 3.51. The highest BCUT2D eigenvalue weighted by atomic mass is 19.1. The summed E-state index contributed by atoms with van der Waals surface area (Å²) >= 11 is 0. The number of hydrogen-bond donors (Lipinski definition) is 1. The third-order valence-corrected chi connectivity index (χ3v) is 5.16. The van der Waals surface area contributed by atoms with Gasteiger partial charge in [0.05, 0.1) is 13.3 Å². The van der Waals surface area contributed by atoms with Gasteiger partial charge in [0.2, 0.25) is 11.9 Å². The molecule has 3 rings (SSSR count). The number of nitrogens with one attached hydrogen (secondary N) is 1. The maximum absolute atomic E-state index is 14.5. The van der Waals surface area contributed by atoms with Crippen molar-refractivity contribution in [3.8, 4) is 11.3 Å². The van der Waals surface area contributed by atoms with E-state index in [1.165, 1.54) is 12.0 Å². The number of halogens is 1. The highest BCUT2D eigenvalue weighted by Crippen LogP contribution is 2.27. The zero-order chi connectivity index (χ0) is 21.7. The lowest BCUT2D eigenvalue weighted by Gasteiger charge is -2.31. The van der Waals surface area contributed by atoms with Gasteiger partial charge in [0.25, 0.3) is 0 Å². The molecule has 1 saturated heterocycles. The van der Waals surface area contributed by atoms with Crippen molar-refractivity contribution in [2.24, 2.45) is 0 Å². The molecule has 1 N–H and O–H groups in total. The van der Waals surface area contributed by atoms with Crippen molar-refractivity contribution in [2.45, 2.75) is 32.7 Å². The number of likely N-dealkylation sites (tertiary alicyclic amines) is 1. The van der Waals surface area contributed by atoms with Crippen molar-refractivity contribution >= 4 is 23.6 Å². The number of carbonyl (C=O) groups excluding carboxylic acids is 2. The highest BCUT2D eigenvalue weighted by Gasteiger charge is 2.22. The second kappa shape index (κ2) is 9.51. The van der Waals surface area contributed by atoms with Gasteiger partial charge in [-0.25, -0.2) is 19.2 Å². The molecule has 1 fully saturated rings. The van der Waals surface area contributed by atoms with E-state index in [-0.39, 0.29) is 19.1 Å². The summed E-state index contributed by atoms with van der Waals surface area (Å²) in [5.41, 5.74) is 1.27. The van der Waals surface area contributed by atoms with E-state index in [9.17, 15) is 14.0 Å². The molecule has 162 valence electrons. The molecule has 0 atom stereocenters. The number of amides is 2. The third kappa shape index (κ3) is 4.84. The van der Waals surface area contributed by atoms with Crippen molar-refractivity contribution in [3.05, 3.63) is 36.3 Å². The number of methoxy groups -OCH3 is 1. The number of anilines is 2. The number of hydrogen-bond acceptors (Lipinski definition) is 6. The summed E-state index contributed by atoms with van der Waals surface area (Å²) in [7, 11) is 1.32. The first-order valence-electron chi connectivity index (χ1n) is 9.93. The predicted octanol–water partition coefficient (Wildman–Crippen LogP) is 3.54. The molecule has 1 aromatic heterocycles. The lowest BCUT2D eigenvalue weighted by Crippen LogP contribution is -2.41. The minimum absolute atomic E-state index is 0. The summed E-state index contributed by atoms with van der Waals surface area (Å²) in [5, 5.41) is 3.24. The molecule has 30 heavy (non-hydrogen) atoms. The van der Waals surface area contributed by atoms with Crippen LogP contribution in [0.5, 0.6) is 0 Å². The topological polar surface area (TPSA) is 87.7 Å². The highest BCUT2D eigenvalue weighted by molar-refractivity contribution is 5.88. The van der Waals surface area contributed by atoms with E-state index in [0.29, 0.717) is 36.8 Å². The Morgan fingerprint density at radius 3 is 2.73 bits per heavy atom. The van der Waals surface area contributed by atoms with Crippen LogP contribution in [0.4, 0.5) is 20.8 Å². The average Bonchev–Trinajstić information content (AvgIpc) is 2.76. The summed E-state index contributed by atoms with van der Waals surface area (Å²) in [6.07, 6.45) is 2.20. The quantitative estimate of drug-likeness (QED) is 0.801. The van der Waals surface area contributed by atoms with Crippen LogP contribution in [-0.4, -0.2) is 59.7 Å². The zero-order valence-electron chi connectivity index (χ0n) is 17.4. The van der Waals surface area contributed by atoms with Crippen LogP contribution in [0, 0.1) is 5.82 Å². The lowest BCUT2D eigenvalue weighted by atomic mass is 10.1. The predicted molar refractivity (Wildman–Crippen MR) is 114 cm³/mol. The Kier molecular flexibility index (Phi) is 6.81. The molecule has 1 aromatic carbocycles. The average molecular weight is 417 g/mol. The molecule has 1 aliphatic rings. The molecular weight excluding hydrogens is 389 g/mol. The van der Waals surface area contributed by atoms with Crippen LogP contribution >= 0.6 is 0 Å². The maximum Gasteiger partial charge on any atom is 0.413 e. The molecule has 1 aliphatic heterocycles. The Morgan fingerprint density at radius 2 is 2.10 bits per heavy atom. The Balaban J connectivity index is 0.00000341. The molecular formula is C21H28FN5O3. The number of nitrogens with zero attached hydrogens (tertiary/aromatic N) is 4. The summed E-state index contributed by atoms with van der Waals surface area (Å²) in [6.45, 7) is 5.15. The van der Waals surface area contributed by atoms with Crippen LogP contribution in [0.25, 0.3) is 11.3 Å². The molecule has 0 spiro atoms. The molecule has 2 heterocycles. The van der Waals surface area contributed by atoms with Crippen molar-refractivity contribution in [1.82, 2.24) is 14.9 Å². The second-order valence-electron chi connectivity index (χ2n) is 7.08. The summed E-state index contributed by atoms with van der Waals surface area (Å²) in [5.74, 6) is -0.148. The van der Waals surface area contributed by atoms with Crippen LogP contribution in [-0.2, 0) is 9.53 Å². The first-order valence-corrected chi connectivity index (χ1v) is 9.93. The van der Waals surface area contributed by atoms with Crippen molar-refractivity contribution in [1.29, 1.82) is 0 Å². The fraction of sp³-hybridized carbons (Fsp3) is 0.429. The van der Waals surface area contributed by atoms with Gasteiger partial charge in [0.1, 0.15) is 5.69 Å². The van der Waals surface area contributed by atoms with Crippen LogP contribution in [0.3, 0.4) is 0 Å².